The van der Waals surface area contributed by atoms with Crippen molar-refractivity contribution in [1.29, 1.82) is 0 Å². The molecule has 0 heterocycles. The zero-order valence-electron chi connectivity index (χ0n) is 20.9. The Balaban J connectivity index is 2.45. The van der Waals surface area contributed by atoms with Crippen molar-refractivity contribution in [3.63, 3.8) is 0 Å². The lowest BCUT2D eigenvalue weighted by atomic mass is 10.1. The van der Waals surface area contributed by atoms with E-state index in [0.29, 0.717) is 13.0 Å². The lowest BCUT2D eigenvalue weighted by Gasteiger charge is -2.34. The summed E-state index contributed by atoms with van der Waals surface area (Å²) >= 11 is 0. The molecule has 0 aromatic heterocycles. The fraction of sp³-hybridized carbons (Fsp3) is 0.440. The van der Waals surface area contributed by atoms with Gasteiger partial charge in [-0.1, -0.05) is 51.1 Å². The number of amides is 2. The zero-order chi connectivity index (χ0) is 26.2. The van der Waals surface area contributed by atoms with Crippen molar-refractivity contribution >= 4 is 27.7 Å². The van der Waals surface area contributed by atoms with E-state index >= 15 is 0 Å². The Bertz CT molecular complexity index is 1080. The molecule has 10 heteroatoms. The number of anilines is 1. The van der Waals surface area contributed by atoms with Crippen LogP contribution in [-0.4, -0.2) is 62.7 Å². The molecule has 8 nitrogen and oxygen atoms in total. The molecule has 2 amide bonds. The van der Waals surface area contributed by atoms with Crippen LogP contribution in [0.25, 0.3) is 0 Å². The number of carbonyl (C=O) groups excluding carboxylic acids is 2. The van der Waals surface area contributed by atoms with Crippen molar-refractivity contribution in [1.82, 2.24) is 14.5 Å². The molecule has 0 spiro atoms. The minimum Gasteiger partial charge on any atom is -0.354 e. The third kappa shape index (κ3) is 7.76. The molecule has 0 saturated carbocycles. The molecule has 0 radical (unpaired) electrons. The minimum atomic E-state index is -4.08. The van der Waals surface area contributed by atoms with Gasteiger partial charge in [0.1, 0.15) is 18.4 Å². The van der Waals surface area contributed by atoms with Crippen LogP contribution in [0.15, 0.2) is 54.6 Å². The predicted octanol–water partition coefficient (Wildman–Crippen LogP) is 3.02. The molecule has 0 aliphatic carbocycles. The number of benzene rings is 2. The van der Waals surface area contributed by atoms with E-state index in [2.05, 4.69) is 5.32 Å². The van der Waals surface area contributed by atoms with E-state index in [-0.39, 0.29) is 24.1 Å². The van der Waals surface area contributed by atoms with Gasteiger partial charge in [0.05, 0.1) is 5.69 Å². The normalized spacial score (nSPS) is 12.5. The van der Waals surface area contributed by atoms with E-state index in [1.165, 1.54) is 31.1 Å². The molecule has 0 fully saturated rings. The fourth-order valence-electron chi connectivity index (χ4n) is 3.45. The molecular formula is C25H35FN4O4S. The lowest BCUT2D eigenvalue weighted by molar-refractivity contribution is -0.140. The van der Waals surface area contributed by atoms with Crippen LogP contribution < -0.4 is 9.62 Å². The maximum absolute atomic E-state index is 13.7. The third-order valence-corrected chi connectivity index (χ3v) is 7.22. The largest absolute Gasteiger partial charge is 0.354 e. The standard InChI is InChI=1S/C25H35FN4O4S/c1-6-23(25(32)27-16-19(2)3)29(17-20-10-8-7-9-11-20)24(31)18-30(35(33,34)28(4)5)22-14-12-21(26)13-15-22/h7-15,19,23H,6,16-18H2,1-5H3,(H,27,32). The number of halogens is 1. The van der Waals surface area contributed by atoms with Gasteiger partial charge in [-0.15, -0.1) is 0 Å². The van der Waals surface area contributed by atoms with Crippen molar-refractivity contribution < 1.29 is 22.4 Å². The van der Waals surface area contributed by atoms with E-state index in [0.717, 1.165) is 26.3 Å². The molecule has 35 heavy (non-hydrogen) atoms. The van der Waals surface area contributed by atoms with Gasteiger partial charge in [-0.05, 0) is 42.2 Å². The molecule has 192 valence electrons. The summed E-state index contributed by atoms with van der Waals surface area (Å²) in [4.78, 5) is 28.1. The monoisotopic (exact) mass is 506 g/mol. The van der Waals surface area contributed by atoms with Crippen LogP contribution in [0.3, 0.4) is 0 Å². The smallest absolute Gasteiger partial charge is 0.304 e. The number of carbonyl (C=O) groups is 2. The highest BCUT2D eigenvalue weighted by Gasteiger charge is 2.33. The van der Waals surface area contributed by atoms with Crippen molar-refractivity contribution in [2.45, 2.75) is 39.8 Å². The first-order chi connectivity index (χ1) is 16.5. The van der Waals surface area contributed by atoms with Crippen molar-refractivity contribution in [3.05, 3.63) is 66.0 Å². The topological polar surface area (TPSA) is 90.0 Å². The molecule has 0 bridgehead atoms. The number of rotatable bonds is 12. The molecule has 2 aromatic rings. The number of hydrogen-bond acceptors (Lipinski definition) is 4. The Hall–Kier alpha value is -2.98. The van der Waals surface area contributed by atoms with Gasteiger partial charge in [0.25, 0.3) is 0 Å². The van der Waals surface area contributed by atoms with Gasteiger partial charge in [-0.3, -0.25) is 9.59 Å². The van der Waals surface area contributed by atoms with Crippen LogP contribution in [0.5, 0.6) is 0 Å². The summed E-state index contributed by atoms with van der Waals surface area (Å²) in [5.41, 5.74) is 0.949. The first kappa shape index (κ1) is 28.3. The van der Waals surface area contributed by atoms with Crippen molar-refractivity contribution in [3.8, 4) is 0 Å². The van der Waals surface area contributed by atoms with Gasteiger partial charge in [0.2, 0.25) is 11.8 Å². The number of nitrogens with zero attached hydrogens (tertiary/aromatic N) is 3. The van der Waals surface area contributed by atoms with Crippen molar-refractivity contribution in [2.75, 3.05) is 31.5 Å². The SMILES string of the molecule is CCC(C(=O)NCC(C)C)N(Cc1ccccc1)C(=O)CN(c1ccc(F)cc1)S(=O)(=O)N(C)C. The first-order valence-corrected chi connectivity index (χ1v) is 12.9. The molecule has 0 aliphatic heterocycles. The summed E-state index contributed by atoms with van der Waals surface area (Å²) in [6.07, 6.45) is 0.347. The van der Waals surface area contributed by atoms with Gasteiger partial charge in [0, 0.05) is 27.2 Å². The van der Waals surface area contributed by atoms with Gasteiger partial charge in [0.15, 0.2) is 0 Å². The van der Waals surface area contributed by atoms with E-state index < -0.39 is 34.5 Å². The van der Waals surface area contributed by atoms with Crippen LogP contribution >= 0.6 is 0 Å². The molecule has 2 aromatic carbocycles. The van der Waals surface area contributed by atoms with Crippen LogP contribution in [0.4, 0.5) is 10.1 Å². The molecule has 1 atom stereocenters. The minimum absolute atomic E-state index is 0.131. The summed E-state index contributed by atoms with van der Waals surface area (Å²) in [5.74, 6) is -1.14. The summed E-state index contributed by atoms with van der Waals surface area (Å²) in [5, 5.41) is 2.88. The van der Waals surface area contributed by atoms with Crippen molar-refractivity contribution in [2.24, 2.45) is 5.92 Å². The van der Waals surface area contributed by atoms with Gasteiger partial charge in [-0.2, -0.15) is 12.7 Å². The van der Waals surface area contributed by atoms with E-state index in [1.54, 1.807) is 6.92 Å². The molecule has 0 saturated heterocycles. The van der Waals surface area contributed by atoms with Crippen LogP contribution in [0.2, 0.25) is 0 Å². The second-order valence-corrected chi connectivity index (χ2v) is 10.9. The van der Waals surface area contributed by atoms with Crippen LogP contribution in [-0.2, 0) is 26.3 Å². The Kier molecular flexibility index (Phi) is 10.2. The van der Waals surface area contributed by atoms with Crippen LogP contribution in [0.1, 0.15) is 32.8 Å². The van der Waals surface area contributed by atoms with Crippen LogP contribution in [0, 0.1) is 11.7 Å². The van der Waals surface area contributed by atoms with Gasteiger partial charge >= 0.3 is 10.2 Å². The Morgan fingerprint density at radius 1 is 1.00 bits per heavy atom. The highest BCUT2D eigenvalue weighted by atomic mass is 32.2. The molecular weight excluding hydrogens is 471 g/mol. The van der Waals surface area contributed by atoms with E-state index in [1.807, 2.05) is 44.2 Å². The summed E-state index contributed by atoms with van der Waals surface area (Å²) < 4.78 is 41.6. The fourth-order valence-corrected chi connectivity index (χ4v) is 4.50. The first-order valence-electron chi connectivity index (χ1n) is 11.5. The second-order valence-electron chi connectivity index (χ2n) is 8.84. The zero-order valence-corrected chi connectivity index (χ0v) is 21.8. The third-order valence-electron chi connectivity index (χ3n) is 5.40. The average molecular weight is 507 g/mol. The maximum atomic E-state index is 13.7. The summed E-state index contributed by atoms with van der Waals surface area (Å²) in [7, 11) is -1.38. The molecule has 1 N–H and O–H groups in total. The Morgan fingerprint density at radius 2 is 1.60 bits per heavy atom. The van der Waals surface area contributed by atoms with E-state index in [4.69, 9.17) is 0 Å². The predicted molar refractivity (Wildman–Crippen MR) is 135 cm³/mol. The molecule has 2 rings (SSSR count). The number of hydrogen-bond donors (Lipinski definition) is 1. The highest BCUT2D eigenvalue weighted by molar-refractivity contribution is 7.90. The molecule has 0 aliphatic rings. The molecule has 1 unspecified atom stereocenters. The summed E-state index contributed by atoms with van der Waals surface area (Å²) in [6.45, 7) is 5.79. The Morgan fingerprint density at radius 3 is 2.11 bits per heavy atom. The van der Waals surface area contributed by atoms with Gasteiger partial charge < -0.3 is 10.2 Å². The average Bonchev–Trinajstić information content (AvgIpc) is 2.82. The second kappa shape index (κ2) is 12.6. The highest BCUT2D eigenvalue weighted by Crippen LogP contribution is 2.21. The lowest BCUT2D eigenvalue weighted by Crippen LogP contribution is -2.53. The Labute approximate surface area is 207 Å². The van der Waals surface area contributed by atoms with Gasteiger partial charge in [-0.25, -0.2) is 8.70 Å². The summed E-state index contributed by atoms with van der Waals surface area (Å²) in [6, 6.07) is 13.3. The quantitative estimate of drug-likeness (QED) is 0.479. The number of nitrogens with one attached hydrogen (secondary N) is 1. The van der Waals surface area contributed by atoms with E-state index in [9.17, 15) is 22.4 Å². The maximum Gasteiger partial charge on any atom is 0.304 e.